The summed E-state index contributed by atoms with van der Waals surface area (Å²) in [5.74, 6) is -1.24. The number of ketones is 1. The number of carbonyl (C=O) groups excluding carboxylic acids is 2. The van der Waals surface area contributed by atoms with Crippen molar-refractivity contribution in [1.29, 1.82) is 0 Å². The van der Waals surface area contributed by atoms with Crippen LogP contribution in [0.5, 0.6) is 0 Å². The van der Waals surface area contributed by atoms with Crippen molar-refractivity contribution in [3.63, 3.8) is 0 Å². The second kappa shape index (κ2) is 10.8. The molecular weight excluding hydrogens is 574 g/mol. The molecule has 0 saturated carbocycles. The number of benzene rings is 3. The number of sulfonamides is 1. The van der Waals surface area contributed by atoms with Gasteiger partial charge in [0.05, 0.1) is 21.8 Å². The van der Waals surface area contributed by atoms with Gasteiger partial charge >= 0.3 is 5.97 Å². The fourth-order valence-corrected chi connectivity index (χ4v) is 5.20. The minimum atomic E-state index is -4.25. The maximum absolute atomic E-state index is 13.2. The van der Waals surface area contributed by atoms with E-state index < -0.39 is 33.9 Å². The lowest BCUT2D eigenvalue weighted by Gasteiger charge is -2.11. The van der Waals surface area contributed by atoms with Gasteiger partial charge in [0.25, 0.3) is 15.6 Å². The molecular formula is C27H24BrN3O6S. The monoisotopic (exact) mass is 597 g/mol. The molecule has 0 atom stereocenters. The molecule has 1 N–H and O–H groups in total. The van der Waals surface area contributed by atoms with Crippen LogP contribution in [0.3, 0.4) is 0 Å². The van der Waals surface area contributed by atoms with Crippen LogP contribution in [0.1, 0.15) is 32.0 Å². The summed E-state index contributed by atoms with van der Waals surface area (Å²) < 4.78 is 37.8. The fraction of sp³-hybridized carbons (Fsp3) is 0.148. The molecule has 196 valence electrons. The van der Waals surface area contributed by atoms with E-state index in [1.54, 1.807) is 74.1 Å². The van der Waals surface area contributed by atoms with Crippen LogP contribution in [-0.4, -0.2) is 36.1 Å². The number of nitrogens with zero attached hydrogens (tertiary/aromatic N) is 2. The van der Waals surface area contributed by atoms with Gasteiger partial charge in [-0.2, -0.15) is 0 Å². The maximum atomic E-state index is 13.2. The minimum absolute atomic E-state index is 0.0111. The third-order valence-electron chi connectivity index (χ3n) is 6.03. The van der Waals surface area contributed by atoms with Crippen molar-refractivity contribution in [3.8, 4) is 5.69 Å². The summed E-state index contributed by atoms with van der Waals surface area (Å²) in [5, 5.41) is 0. The normalized spacial score (nSPS) is 11.3. The first-order valence-electron chi connectivity index (χ1n) is 11.4. The molecule has 3 aromatic carbocycles. The van der Waals surface area contributed by atoms with Gasteiger partial charge in [0.2, 0.25) is 0 Å². The Morgan fingerprint density at radius 2 is 1.63 bits per heavy atom. The third kappa shape index (κ3) is 5.48. The zero-order valence-electron chi connectivity index (χ0n) is 20.8. The molecule has 38 heavy (non-hydrogen) atoms. The zero-order chi connectivity index (χ0) is 27.6. The van der Waals surface area contributed by atoms with Gasteiger partial charge in [-0.1, -0.05) is 52.3 Å². The summed E-state index contributed by atoms with van der Waals surface area (Å²) in [6, 6.07) is 19.4. The molecule has 1 aromatic heterocycles. The summed E-state index contributed by atoms with van der Waals surface area (Å²) in [6.07, 6.45) is 0. The van der Waals surface area contributed by atoms with Crippen LogP contribution < -0.4 is 10.3 Å². The first-order valence-corrected chi connectivity index (χ1v) is 13.7. The molecule has 0 saturated heterocycles. The van der Waals surface area contributed by atoms with E-state index in [0.29, 0.717) is 22.5 Å². The summed E-state index contributed by atoms with van der Waals surface area (Å²) in [7, 11) is -2.60. The summed E-state index contributed by atoms with van der Waals surface area (Å²) in [4.78, 5) is 38.0. The van der Waals surface area contributed by atoms with Gasteiger partial charge in [0, 0.05) is 17.1 Å². The van der Waals surface area contributed by atoms with Crippen molar-refractivity contribution in [1.82, 2.24) is 9.36 Å². The van der Waals surface area contributed by atoms with Crippen molar-refractivity contribution in [2.24, 2.45) is 7.05 Å². The highest BCUT2D eigenvalue weighted by Gasteiger charge is 2.24. The number of esters is 1. The van der Waals surface area contributed by atoms with Gasteiger partial charge in [-0.3, -0.25) is 19.0 Å². The zero-order valence-corrected chi connectivity index (χ0v) is 23.2. The number of aryl methyl sites for hydroxylation is 1. The smallest absolute Gasteiger partial charge is 0.338 e. The van der Waals surface area contributed by atoms with Crippen LogP contribution in [-0.2, 0) is 21.8 Å². The molecule has 0 bridgehead atoms. The number of hydrogen-bond donors (Lipinski definition) is 1. The van der Waals surface area contributed by atoms with Crippen molar-refractivity contribution in [2.75, 3.05) is 11.3 Å². The number of Topliss-reactive ketones (excluding diaryl/α,β-unsaturated/α-hetero) is 1. The van der Waals surface area contributed by atoms with Crippen LogP contribution in [0.25, 0.3) is 5.69 Å². The lowest BCUT2D eigenvalue weighted by molar-refractivity contribution is 0.0473. The Balaban J connectivity index is 1.57. The first-order chi connectivity index (χ1) is 18.0. The fourth-order valence-electron chi connectivity index (χ4n) is 3.80. The van der Waals surface area contributed by atoms with Gasteiger partial charge in [0.1, 0.15) is 5.69 Å². The van der Waals surface area contributed by atoms with E-state index in [-0.39, 0.29) is 16.1 Å². The Hall–Kier alpha value is -3.96. The van der Waals surface area contributed by atoms with Crippen LogP contribution in [0, 0.1) is 13.8 Å². The van der Waals surface area contributed by atoms with Crippen molar-refractivity contribution in [3.05, 3.63) is 110 Å². The second-order valence-corrected chi connectivity index (χ2v) is 11.1. The van der Waals surface area contributed by atoms with E-state index in [1.807, 2.05) is 6.07 Å². The number of hydrogen-bond acceptors (Lipinski definition) is 6. The first kappa shape index (κ1) is 27.1. The van der Waals surface area contributed by atoms with Gasteiger partial charge in [-0.05, 0) is 55.8 Å². The number of nitrogens with one attached hydrogen (secondary N) is 1. The predicted octanol–water partition coefficient (Wildman–Crippen LogP) is 4.40. The average molecular weight is 598 g/mol. The molecule has 1 heterocycles. The second-order valence-electron chi connectivity index (χ2n) is 8.52. The predicted molar refractivity (Wildman–Crippen MR) is 146 cm³/mol. The number of aromatic nitrogens is 2. The number of para-hydroxylation sites is 1. The lowest BCUT2D eigenvalue weighted by atomic mass is 10.1. The highest BCUT2D eigenvalue weighted by molar-refractivity contribution is 9.10. The molecule has 0 spiro atoms. The number of anilines is 1. The largest absolute Gasteiger partial charge is 0.454 e. The van der Waals surface area contributed by atoms with Gasteiger partial charge < -0.3 is 4.74 Å². The lowest BCUT2D eigenvalue weighted by Crippen LogP contribution is -2.23. The Morgan fingerprint density at radius 3 is 2.29 bits per heavy atom. The van der Waals surface area contributed by atoms with E-state index in [1.165, 1.54) is 16.8 Å². The number of halogens is 1. The highest BCUT2D eigenvalue weighted by Crippen LogP contribution is 2.22. The van der Waals surface area contributed by atoms with E-state index >= 15 is 0 Å². The van der Waals surface area contributed by atoms with Gasteiger partial charge in [0.15, 0.2) is 12.4 Å². The molecule has 0 radical (unpaired) electrons. The molecule has 0 amide bonds. The number of carbonyl (C=O) groups is 2. The summed E-state index contributed by atoms with van der Waals surface area (Å²) in [5.41, 5.74) is 1.15. The highest BCUT2D eigenvalue weighted by atomic mass is 79.9. The quantitative estimate of drug-likeness (QED) is 0.238. The van der Waals surface area contributed by atoms with Crippen molar-refractivity contribution in [2.45, 2.75) is 18.7 Å². The molecule has 0 aliphatic heterocycles. The van der Waals surface area contributed by atoms with Crippen LogP contribution in [0.2, 0.25) is 0 Å². The maximum Gasteiger partial charge on any atom is 0.338 e. The molecule has 11 heteroatoms. The molecule has 9 nitrogen and oxygen atoms in total. The molecule has 0 fully saturated rings. The number of ether oxygens (including phenoxy) is 1. The summed E-state index contributed by atoms with van der Waals surface area (Å²) >= 11 is 3.29. The third-order valence-corrected chi connectivity index (χ3v) is 7.91. The average Bonchev–Trinajstić information content (AvgIpc) is 3.10. The standard InChI is InChI=1S/C27H24BrN3O6S/c1-17-9-14-22(15-23(17)27(34)37-16-24(32)19-10-12-20(28)13-11-19)38(35,36)29-25-18(2)30(3)31(26(25)33)21-7-5-4-6-8-21/h4-15,29H,16H2,1-3H3. The van der Waals surface area contributed by atoms with Crippen LogP contribution in [0.4, 0.5) is 5.69 Å². The SMILES string of the molecule is Cc1ccc(S(=O)(=O)Nc2c(C)n(C)n(-c3ccccc3)c2=O)cc1C(=O)OCC(=O)c1ccc(Br)cc1. The molecule has 0 aliphatic carbocycles. The van der Waals surface area contributed by atoms with E-state index in [9.17, 15) is 22.8 Å². The van der Waals surface area contributed by atoms with Crippen molar-refractivity contribution >= 4 is 43.4 Å². The van der Waals surface area contributed by atoms with Crippen LogP contribution in [0.15, 0.2) is 87.0 Å². The molecule has 0 unspecified atom stereocenters. The molecule has 0 aliphatic rings. The molecule has 4 aromatic rings. The van der Waals surface area contributed by atoms with Crippen molar-refractivity contribution < 1.29 is 22.7 Å². The van der Waals surface area contributed by atoms with E-state index in [4.69, 9.17) is 4.74 Å². The molecule has 4 rings (SSSR count). The topological polar surface area (TPSA) is 116 Å². The summed E-state index contributed by atoms with van der Waals surface area (Å²) in [6.45, 7) is 2.74. The Bertz CT molecular complexity index is 1690. The van der Waals surface area contributed by atoms with E-state index in [0.717, 1.165) is 10.5 Å². The van der Waals surface area contributed by atoms with Crippen LogP contribution >= 0.6 is 15.9 Å². The Labute approximate surface area is 227 Å². The van der Waals surface area contributed by atoms with Gasteiger partial charge in [-0.25, -0.2) is 17.9 Å². The Kier molecular flexibility index (Phi) is 7.70. The van der Waals surface area contributed by atoms with E-state index in [2.05, 4.69) is 20.7 Å². The van der Waals surface area contributed by atoms with Gasteiger partial charge in [-0.15, -0.1) is 0 Å². The number of rotatable bonds is 8. The minimum Gasteiger partial charge on any atom is -0.454 e. The Morgan fingerprint density at radius 1 is 0.974 bits per heavy atom.